The van der Waals surface area contributed by atoms with E-state index in [9.17, 15) is 14.4 Å². The summed E-state index contributed by atoms with van der Waals surface area (Å²) in [6.45, 7) is 1.82. The molecule has 0 bridgehead atoms. The Kier molecular flexibility index (Phi) is 9.31. The van der Waals surface area contributed by atoms with Crippen LogP contribution in [0.2, 0.25) is 0 Å². The number of hydrogen-bond acceptors (Lipinski definition) is 6. The van der Waals surface area contributed by atoms with Crippen LogP contribution in [0.3, 0.4) is 0 Å². The molecule has 9 nitrogen and oxygen atoms in total. The predicted molar refractivity (Wildman–Crippen MR) is 66.6 cm³/mol. The first-order valence-corrected chi connectivity index (χ1v) is 5.81. The summed E-state index contributed by atoms with van der Waals surface area (Å²) in [5.74, 6) is -2.72. The Balaban J connectivity index is 3.52. The summed E-state index contributed by atoms with van der Waals surface area (Å²) >= 11 is 0. The van der Waals surface area contributed by atoms with Crippen LogP contribution in [0.4, 0.5) is 0 Å². The van der Waals surface area contributed by atoms with E-state index in [1.807, 2.05) is 0 Å². The van der Waals surface area contributed by atoms with E-state index in [0.717, 1.165) is 0 Å². The molecule has 110 valence electrons. The summed E-state index contributed by atoms with van der Waals surface area (Å²) in [6, 6.07) is -0.982. The highest BCUT2D eigenvalue weighted by molar-refractivity contribution is 5.83. The van der Waals surface area contributed by atoms with Crippen molar-refractivity contribution in [1.82, 2.24) is 16.0 Å². The number of carboxylic acids is 2. The number of aliphatic carboxylic acids is 2. The quantitative estimate of drug-likeness (QED) is 0.208. The third-order valence-electron chi connectivity index (χ3n) is 2.15. The predicted octanol–water partition coefficient (Wildman–Crippen LogP) is -2.83. The van der Waals surface area contributed by atoms with Crippen LogP contribution in [0.1, 0.15) is 6.42 Å². The Hall–Kier alpha value is -1.71. The molecule has 0 saturated heterocycles. The third kappa shape index (κ3) is 11.1. The topological polar surface area (TPSA) is 154 Å². The molecule has 0 aromatic rings. The van der Waals surface area contributed by atoms with Gasteiger partial charge in [-0.15, -0.1) is 0 Å². The van der Waals surface area contributed by atoms with Crippen LogP contribution in [-0.2, 0) is 14.4 Å². The van der Waals surface area contributed by atoms with Crippen LogP contribution in [0.5, 0.6) is 0 Å². The Morgan fingerprint density at radius 3 is 2.11 bits per heavy atom. The molecule has 9 heteroatoms. The molecule has 1 amide bonds. The van der Waals surface area contributed by atoms with Gasteiger partial charge in [0.15, 0.2) is 0 Å². The van der Waals surface area contributed by atoms with E-state index >= 15 is 0 Å². The molecule has 0 radical (unpaired) electrons. The lowest BCUT2D eigenvalue weighted by atomic mass is 10.2. The highest BCUT2D eigenvalue weighted by Gasteiger charge is 2.18. The van der Waals surface area contributed by atoms with Gasteiger partial charge in [0, 0.05) is 26.2 Å². The maximum Gasteiger partial charge on any atom is 0.321 e. The van der Waals surface area contributed by atoms with Crippen molar-refractivity contribution in [2.24, 2.45) is 5.73 Å². The number of rotatable bonds is 12. The number of carboxylic acid groups (broad SMARTS) is 2. The van der Waals surface area contributed by atoms with Crippen molar-refractivity contribution in [3.8, 4) is 0 Å². The Morgan fingerprint density at radius 1 is 1.00 bits per heavy atom. The summed E-state index contributed by atoms with van der Waals surface area (Å²) in [7, 11) is 0. The van der Waals surface area contributed by atoms with Gasteiger partial charge >= 0.3 is 11.9 Å². The van der Waals surface area contributed by atoms with Gasteiger partial charge < -0.3 is 31.9 Å². The van der Waals surface area contributed by atoms with Crippen molar-refractivity contribution in [1.29, 1.82) is 0 Å². The molecule has 0 heterocycles. The van der Waals surface area contributed by atoms with Crippen molar-refractivity contribution in [3.63, 3.8) is 0 Å². The molecule has 0 aromatic heterocycles. The van der Waals surface area contributed by atoms with E-state index in [1.54, 1.807) is 0 Å². The minimum atomic E-state index is -1.12. The first kappa shape index (κ1) is 17.3. The van der Waals surface area contributed by atoms with Gasteiger partial charge in [-0.2, -0.15) is 0 Å². The molecule has 0 aliphatic carbocycles. The normalized spacial score (nSPS) is 12.0. The summed E-state index contributed by atoms with van der Waals surface area (Å²) in [6.07, 6.45) is -0.254. The molecule has 0 aromatic carbocycles. The number of primary amides is 1. The van der Waals surface area contributed by atoms with Gasteiger partial charge in [-0.05, 0) is 0 Å². The zero-order valence-corrected chi connectivity index (χ0v) is 10.5. The first-order valence-electron chi connectivity index (χ1n) is 5.81. The van der Waals surface area contributed by atoms with Crippen molar-refractivity contribution in [3.05, 3.63) is 0 Å². The molecule has 0 saturated carbocycles. The second kappa shape index (κ2) is 10.2. The molecule has 19 heavy (non-hydrogen) atoms. The van der Waals surface area contributed by atoms with Crippen LogP contribution < -0.4 is 21.7 Å². The lowest BCUT2D eigenvalue weighted by Crippen LogP contribution is -2.43. The molecular formula is C10H20N4O5. The second-order valence-corrected chi connectivity index (χ2v) is 3.84. The number of carbonyl (C=O) groups is 3. The van der Waals surface area contributed by atoms with Crippen LogP contribution in [0.25, 0.3) is 0 Å². The summed E-state index contributed by atoms with van der Waals surface area (Å²) in [5, 5.41) is 25.5. The van der Waals surface area contributed by atoms with Crippen molar-refractivity contribution in [2.45, 2.75) is 12.5 Å². The molecule has 0 spiro atoms. The Bertz CT molecular complexity index is 310. The van der Waals surface area contributed by atoms with E-state index in [0.29, 0.717) is 26.2 Å². The lowest BCUT2D eigenvalue weighted by molar-refractivity contribution is -0.141. The van der Waals surface area contributed by atoms with Gasteiger partial charge in [0.1, 0.15) is 6.04 Å². The van der Waals surface area contributed by atoms with Gasteiger partial charge in [0.25, 0.3) is 0 Å². The Morgan fingerprint density at radius 2 is 1.58 bits per heavy atom. The number of hydrogen-bond donors (Lipinski definition) is 6. The van der Waals surface area contributed by atoms with Crippen molar-refractivity contribution in [2.75, 3.05) is 32.7 Å². The zero-order valence-electron chi connectivity index (χ0n) is 10.5. The standard InChI is InChI=1S/C10H20N4O5/c11-8(15)5-7(10(18)19)14-4-3-12-1-2-13-6-9(16)17/h7,12-14H,1-6H2,(H2,11,15)(H,16,17)(H,18,19). The fourth-order valence-corrected chi connectivity index (χ4v) is 1.28. The number of carbonyl (C=O) groups excluding carboxylic acids is 1. The molecule has 7 N–H and O–H groups in total. The van der Waals surface area contributed by atoms with E-state index < -0.39 is 23.9 Å². The second-order valence-electron chi connectivity index (χ2n) is 3.84. The maximum atomic E-state index is 10.7. The van der Waals surface area contributed by atoms with Crippen LogP contribution in [-0.4, -0.2) is 66.8 Å². The monoisotopic (exact) mass is 276 g/mol. The minimum absolute atomic E-state index is 0.0976. The van der Waals surface area contributed by atoms with E-state index in [2.05, 4.69) is 16.0 Å². The SMILES string of the molecule is NC(=O)CC(NCCNCCNCC(=O)O)C(=O)O. The van der Waals surface area contributed by atoms with Gasteiger partial charge in [-0.1, -0.05) is 0 Å². The Labute approximate surface area is 110 Å². The van der Waals surface area contributed by atoms with E-state index in [-0.39, 0.29) is 13.0 Å². The molecule has 0 aliphatic rings. The fourth-order valence-electron chi connectivity index (χ4n) is 1.28. The molecule has 0 aliphatic heterocycles. The highest BCUT2D eigenvalue weighted by Crippen LogP contribution is 1.90. The lowest BCUT2D eigenvalue weighted by Gasteiger charge is -2.13. The average molecular weight is 276 g/mol. The summed E-state index contributed by atoms with van der Waals surface area (Å²) in [5.41, 5.74) is 4.93. The minimum Gasteiger partial charge on any atom is -0.480 e. The van der Waals surface area contributed by atoms with Gasteiger partial charge in [-0.3, -0.25) is 14.4 Å². The van der Waals surface area contributed by atoms with Crippen molar-refractivity contribution >= 4 is 17.8 Å². The zero-order chi connectivity index (χ0) is 14.7. The highest BCUT2D eigenvalue weighted by atomic mass is 16.4. The van der Waals surface area contributed by atoms with Crippen LogP contribution in [0, 0.1) is 0 Å². The largest absolute Gasteiger partial charge is 0.480 e. The maximum absolute atomic E-state index is 10.7. The first-order chi connectivity index (χ1) is 8.93. The van der Waals surface area contributed by atoms with Gasteiger partial charge in [0.05, 0.1) is 13.0 Å². The number of amides is 1. The smallest absolute Gasteiger partial charge is 0.321 e. The van der Waals surface area contributed by atoms with Gasteiger partial charge in [-0.25, -0.2) is 0 Å². The third-order valence-corrected chi connectivity index (χ3v) is 2.15. The van der Waals surface area contributed by atoms with E-state index in [4.69, 9.17) is 15.9 Å². The van der Waals surface area contributed by atoms with Crippen LogP contribution >= 0.6 is 0 Å². The molecular weight excluding hydrogens is 256 g/mol. The fraction of sp³-hybridized carbons (Fsp3) is 0.700. The molecule has 1 unspecified atom stereocenters. The average Bonchev–Trinajstić information content (AvgIpc) is 2.29. The number of nitrogens with one attached hydrogen (secondary N) is 3. The van der Waals surface area contributed by atoms with E-state index in [1.165, 1.54) is 0 Å². The van der Waals surface area contributed by atoms with Gasteiger partial charge in [0.2, 0.25) is 5.91 Å². The van der Waals surface area contributed by atoms with Crippen LogP contribution in [0.15, 0.2) is 0 Å². The summed E-state index contributed by atoms with van der Waals surface area (Å²) < 4.78 is 0. The molecule has 0 rings (SSSR count). The molecule has 1 atom stereocenters. The summed E-state index contributed by atoms with van der Waals surface area (Å²) in [4.78, 5) is 31.5. The molecule has 0 fully saturated rings. The van der Waals surface area contributed by atoms with Crippen molar-refractivity contribution < 1.29 is 24.6 Å². The number of nitrogens with two attached hydrogens (primary N) is 1.